The maximum atomic E-state index is 12.9. The SMILES string of the molecule is CC1CN(c2nc(C(=O)N3CCCC3)cs2)CCN1C(=O)Nc1ccc(S(C)(C)C)cc1. The first-order valence-corrected chi connectivity index (χ1v) is 14.8. The predicted octanol–water partition coefficient (Wildman–Crippen LogP) is 4.17. The third-order valence-electron chi connectivity index (χ3n) is 6.08. The Morgan fingerprint density at radius 2 is 1.75 bits per heavy atom. The molecular weight excluding hydrogens is 442 g/mol. The van der Waals surface area contributed by atoms with E-state index in [1.165, 1.54) is 16.2 Å². The Morgan fingerprint density at radius 1 is 1.06 bits per heavy atom. The van der Waals surface area contributed by atoms with Crippen molar-refractivity contribution in [3.05, 3.63) is 35.3 Å². The molecule has 7 nitrogen and oxygen atoms in total. The van der Waals surface area contributed by atoms with Gasteiger partial charge in [0, 0.05) is 49.8 Å². The molecular formula is C23H33N5O2S2. The molecule has 32 heavy (non-hydrogen) atoms. The van der Waals surface area contributed by atoms with Gasteiger partial charge in [-0.1, -0.05) is 0 Å². The third kappa shape index (κ3) is 5.04. The van der Waals surface area contributed by atoms with Crippen LogP contribution < -0.4 is 10.2 Å². The van der Waals surface area contributed by atoms with Gasteiger partial charge in [0.2, 0.25) is 0 Å². The first-order valence-electron chi connectivity index (χ1n) is 11.1. The van der Waals surface area contributed by atoms with Crippen LogP contribution in [0.1, 0.15) is 30.3 Å². The zero-order valence-corrected chi connectivity index (χ0v) is 21.0. The van der Waals surface area contributed by atoms with Crippen molar-refractivity contribution in [3.8, 4) is 0 Å². The molecule has 1 N–H and O–H groups in total. The molecule has 2 aliphatic heterocycles. The number of aromatic nitrogens is 1. The number of nitrogens with one attached hydrogen (secondary N) is 1. The van der Waals surface area contributed by atoms with Crippen LogP contribution in [0.15, 0.2) is 34.5 Å². The van der Waals surface area contributed by atoms with E-state index in [9.17, 15) is 9.59 Å². The highest BCUT2D eigenvalue weighted by atomic mass is 32.3. The molecule has 174 valence electrons. The van der Waals surface area contributed by atoms with Crippen LogP contribution in [0, 0.1) is 0 Å². The molecule has 2 aliphatic rings. The van der Waals surface area contributed by atoms with Crippen molar-refractivity contribution in [1.82, 2.24) is 14.8 Å². The fourth-order valence-corrected chi connectivity index (χ4v) is 5.95. The number of amides is 3. The van der Waals surface area contributed by atoms with E-state index in [-0.39, 0.29) is 18.0 Å². The van der Waals surface area contributed by atoms with Gasteiger partial charge in [-0.25, -0.2) is 19.8 Å². The zero-order chi connectivity index (χ0) is 22.9. The fourth-order valence-electron chi connectivity index (χ4n) is 4.16. The summed E-state index contributed by atoms with van der Waals surface area (Å²) in [4.78, 5) is 37.4. The van der Waals surface area contributed by atoms with E-state index in [0.717, 1.165) is 36.8 Å². The van der Waals surface area contributed by atoms with Gasteiger partial charge in [0.25, 0.3) is 5.91 Å². The van der Waals surface area contributed by atoms with Crippen LogP contribution in [0.25, 0.3) is 0 Å². The summed E-state index contributed by atoms with van der Waals surface area (Å²) in [6, 6.07) is 8.16. The molecule has 1 aromatic carbocycles. The lowest BCUT2D eigenvalue weighted by atomic mass is 10.2. The highest BCUT2D eigenvalue weighted by Gasteiger charge is 2.30. The Morgan fingerprint density at radius 3 is 2.38 bits per heavy atom. The minimum Gasteiger partial charge on any atom is -0.344 e. The summed E-state index contributed by atoms with van der Waals surface area (Å²) in [5.74, 6) is 0.0372. The van der Waals surface area contributed by atoms with Crippen LogP contribution >= 0.6 is 21.4 Å². The van der Waals surface area contributed by atoms with Gasteiger partial charge in [0.15, 0.2) is 5.13 Å². The van der Waals surface area contributed by atoms with Gasteiger partial charge in [-0.2, -0.15) is 0 Å². The molecule has 1 atom stereocenters. The number of urea groups is 1. The average Bonchev–Trinajstić information content (AvgIpc) is 3.45. The number of thiazole rings is 1. The van der Waals surface area contributed by atoms with E-state index >= 15 is 0 Å². The highest BCUT2D eigenvalue weighted by Crippen LogP contribution is 2.45. The van der Waals surface area contributed by atoms with Crippen molar-refractivity contribution < 1.29 is 9.59 Å². The molecule has 2 saturated heterocycles. The van der Waals surface area contributed by atoms with E-state index in [1.807, 2.05) is 27.3 Å². The van der Waals surface area contributed by atoms with Crippen molar-refractivity contribution in [1.29, 1.82) is 0 Å². The maximum Gasteiger partial charge on any atom is 0.322 e. The molecule has 0 spiro atoms. The van der Waals surface area contributed by atoms with Crippen molar-refractivity contribution >= 4 is 44.1 Å². The summed E-state index contributed by atoms with van der Waals surface area (Å²) in [6.45, 7) is 5.74. The maximum absolute atomic E-state index is 12.9. The van der Waals surface area contributed by atoms with Gasteiger partial charge in [0.05, 0.1) is 0 Å². The number of anilines is 2. The molecule has 4 rings (SSSR count). The quantitative estimate of drug-likeness (QED) is 0.721. The van der Waals surface area contributed by atoms with Crippen LogP contribution in [0.3, 0.4) is 0 Å². The van der Waals surface area contributed by atoms with Crippen molar-refractivity contribution in [2.24, 2.45) is 0 Å². The van der Waals surface area contributed by atoms with Gasteiger partial charge in [0.1, 0.15) is 5.69 Å². The molecule has 2 aromatic rings. The summed E-state index contributed by atoms with van der Waals surface area (Å²) < 4.78 is 0. The van der Waals surface area contributed by atoms with E-state index in [1.54, 1.807) is 0 Å². The second-order valence-corrected chi connectivity index (χ2v) is 14.3. The van der Waals surface area contributed by atoms with E-state index in [2.05, 4.69) is 53.0 Å². The van der Waals surface area contributed by atoms with E-state index in [0.29, 0.717) is 25.3 Å². The number of hydrogen-bond donors (Lipinski definition) is 1. The number of piperazine rings is 1. The molecule has 0 bridgehead atoms. The van der Waals surface area contributed by atoms with Gasteiger partial charge < -0.3 is 20.0 Å². The summed E-state index contributed by atoms with van der Waals surface area (Å²) >= 11 is 1.51. The first kappa shape index (κ1) is 22.9. The van der Waals surface area contributed by atoms with Crippen LogP contribution in [-0.2, 0) is 0 Å². The van der Waals surface area contributed by atoms with Gasteiger partial charge in [-0.15, -0.1) is 11.3 Å². The average molecular weight is 476 g/mol. The normalized spacial score (nSPS) is 19.9. The number of benzene rings is 1. The number of hydrogen-bond acceptors (Lipinski definition) is 5. The second-order valence-electron chi connectivity index (χ2n) is 9.29. The van der Waals surface area contributed by atoms with Gasteiger partial charge in [-0.05, 0) is 67.7 Å². The van der Waals surface area contributed by atoms with E-state index < -0.39 is 10.0 Å². The largest absolute Gasteiger partial charge is 0.344 e. The van der Waals surface area contributed by atoms with Crippen molar-refractivity contribution in [2.45, 2.75) is 30.7 Å². The summed E-state index contributed by atoms with van der Waals surface area (Å²) in [7, 11) is -0.776. The number of carbonyl (C=O) groups is 2. The molecule has 0 aliphatic carbocycles. The Bertz CT molecular complexity index is 964. The summed E-state index contributed by atoms with van der Waals surface area (Å²) in [5, 5.41) is 5.76. The molecule has 2 fully saturated rings. The monoisotopic (exact) mass is 475 g/mol. The lowest BCUT2D eigenvalue weighted by Crippen LogP contribution is -2.55. The molecule has 0 radical (unpaired) electrons. The van der Waals surface area contributed by atoms with Gasteiger partial charge >= 0.3 is 6.03 Å². The van der Waals surface area contributed by atoms with Gasteiger partial charge in [-0.3, -0.25) is 4.79 Å². The van der Waals surface area contributed by atoms with Crippen molar-refractivity contribution in [2.75, 3.05) is 61.7 Å². The Balaban J connectivity index is 1.34. The van der Waals surface area contributed by atoms with Crippen LogP contribution in [-0.4, -0.2) is 84.3 Å². The molecule has 1 aromatic heterocycles. The topological polar surface area (TPSA) is 68.8 Å². The molecule has 3 heterocycles. The minimum absolute atomic E-state index is 0.0372. The Hall–Kier alpha value is -2.26. The lowest BCUT2D eigenvalue weighted by Gasteiger charge is -2.39. The smallest absolute Gasteiger partial charge is 0.322 e. The predicted molar refractivity (Wildman–Crippen MR) is 135 cm³/mol. The lowest BCUT2D eigenvalue weighted by molar-refractivity contribution is 0.0788. The minimum atomic E-state index is -0.776. The third-order valence-corrected chi connectivity index (χ3v) is 8.66. The van der Waals surface area contributed by atoms with E-state index in [4.69, 9.17) is 0 Å². The van der Waals surface area contributed by atoms with Crippen molar-refractivity contribution in [3.63, 3.8) is 0 Å². The summed E-state index contributed by atoms with van der Waals surface area (Å²) in [5.41, 5.74) is 1.36. The molecule has 9 heteroatoms. The van der Waals surface area contributed by atoms with Crippen LogP contribution in [0.5, 0.6) is 0 Å². The standard InChI is InChI=1S/C23H33N5O2S2/c1-17-15-27(23-25-20(16-31-23)21(29)26-11-5-6-12-26)13-14-28(17)22(30)24-18-7-9-19(10-8-18)32(2,3)4/h7-10,16-17H,5-6,11-15H2,1-4H3,(H,24,30). The van der Waals surface area contributed by atoms with Crippen LogP contribution in [0.4, 0.5) is 15.6 Å². The molecule has 1 unspecified atom stereocenters. The number of rotatable bonds is 4. The number of carbonyl (C=O) groups excluding carboxylic acids is 2. The summed E-state index contributed by atoms with van der Waals surface area (Å²) in [6.07, 6.45) is 8.93. The van der Waals surface area contributed by atoms with Crippen LogP contribution in [0.2, 0.25) is 0 Å². The molecule has 0 saturated carbocycles. The second kappa shape index (κ2) is 9.31. The first-order chi connectivity index (χ1) is 15.2. The Kier molecular flexibility index (Phi) is 6.67. The fraction of sp³-hybridized carbons (Fsp3) is 0.522. The molecule has 3 amide bonds. The number of nitrogens with zero attached hydrogens (tertiary/aromatic N) is 4. The Labute approximate surface area is 196 Å². The highest BCUT2D eigenvalue weighted by molar-refractivity contribution is 8.32. The zero-order valence-electron chi connectivity index (χ0n) is 19.3. The number of likely N-dealkylation sites (tertiary alicyclic amines) is 1.